The van der Waals surface area contributed by atoms with Gasteiger partial charge >= 0.3 is 0 Å². The predicted molar refractivity (Wildman–Crippen MR) is 80.4 cm³/mol. The van der Waals surface area contributed by atoms with E-state index in [9.17, 15) is 4.79 Å². The highest BCUT2D eigenvalue weighted by atomic mass is 16.5. The number of ether oxygens (including phenoxy) is 3. The van der Waals surface area contributed by atoms with Gasteiger partial charge in [0.05, 0.1) is 32.5 Å². The molecule has 0 saturated carbocycles. The Kier molecular flexibility index (Phi) is 6.02. The first-order valence-electron chi connectivity index (χ1n) is 7.32. The number of rotatable bonds is 7. The van der Waals surface area contributed by atoms with Crippen LogP contribution in [0.3, 0.4) is 0 Å². The van der Waals surface area contributed by atoms with Gasteiger partial charge in [-0.15, -0.1) is 0 Å². The minimum absolute atomic E-state index is 0.0226. The Morgan fingerprint density at radius 1 is 1.33 bits per heavy atom. The summed E-state index contributed by atoms with van der Waals surface area (Å²) in [6.07, 6.45) is 0.960. The van der Waals surface area contributed by atoms with Crippen LogP contribution in [0.4, 0.5) is 0 Å². The van der Waals surface area contributed by atoms with Crippen molar-refractivity contribution in [1.29, 1.82) is 0 Å². The highest BCUT2D eigenvalue weighted by Gasteiger charge is 2.11. The summed E-state index contributed by atoms with van der Waals surface area (Å²) in [6.45, 7) is 6.82. The first-order valence-corrected chi connectivity index (χ1v) is 7.32. The van der Waals surface area contributed by atoms with E-state index in [1.807, 2.05) is 6.07 Å². The van der Waals surface area contributed by atoms with Crippen LogP contribution in [0.2, 0.25) is 0 Å². The van der Waals surface area contributed by atoms with Crippen LogP contribution in [0, 0.1) is 0 Å². The van der Waals surface area contributed by atoms with Gasteiger partial charge in [-0.2, -0.15) is 0 Å². The lowest BCUT2D eigenvalue weighted by atomic mass is 10.1. The fourth-order valence-electron chi connectivity index (χ4n) is 2.35. The van der Waals surface area contributed by atoms with Crippen molar-refractivity contribution in [3.05, 3.63) is 23.8 Å². The molecule has 0 aromatic heterocycles. The highest BCUT2D eigenvalue weighted by molar-refractivity contribution is 5.97. The van der Waals surface area contributed by atoms with Gasteiger partial charge in [-0.1, -0.05) is 0 Å². The van der Waals surface area contributed by atoms with E-state index < -0.39 is 0 Å². The Balaban J connectivity index is 1.80. The van der Waals surface area contributed by atoms with Crippen molar-refractivity contribution in [3.8, 4) is 11.5 Å². The maximum absolute atomic E-state index is 11.6. The molecule has 0 spiro atoms. The van der Waals surface area contributed by atoms with Crippen LogP contribution in [0.25, 0.3) is 0 Å². The summed E-state index contributed by atoms with van der Waals surface area (Å²) in [4.78, 5) is 13.9. The van der Waals surface area contributed by atoms with Crippen molar-refractivity contribution in [2.45, 2.75) is 13.3 Å². The molecule has 0 aliphatic carbocycles. The minimum atomic E-state index is -0.0226. The fraction of sp³-hybridized carbons (Fsp3) is 0.562. The quantitative estimate of drug-likeness (QED) is 0.568. The number of morpholine rings is 1. The Morgan fingerprint density at radius 3 is 2.76 bits per heavy atom. The molecular weight excluding hydrogens is 270 g/mol. The van der Waals surface area contributed by atoms with E-state index in [-0.39, 0.29) is 5.78 Å². The lowest BCUT2D eigenvalue weighted by Crippen LogP contribution is -2.37. The zero-order valence-corrected chi connectivity index (χ0v) is 12.8. The summed E-state index contributed by atoms with van der Waals surface area (Å²) in [7, 11) is 1.56. The lowest BCUT2D eigenvalue weighted by Gasteiger charge is -2.26. The van der Waals surface area contributed by atoms with Crippen LogP contribution < -0.4 is 9.47 Å². The molecule has 5 heteroatoms. The zero-order chi connectivity index (χ0) is 15.1. The minimum Gasteiger partial charge on any atom is -0.496 e. The molecule has 1 aromatic rings. The number of benzene rings is 1. The van der Waals surface area contributed by atoms with E-state index in [0.717, 1.165) is 39.3 Å². The number of carbonyl (C=O) groups is 1. The average Bonchev–Trinajstić information content (AvgIpc) is 2.52. The average molecular weight is 293 g/mol. The second-order valence-electron chi connectivity index (χ2n) is 5.07. The molecular formula is C16H23NO4. The van der Waals surface area contributed by atoms with E-state index >= 15 is 0 Å². The van der Waals surface area contributed by atoms with Gasteiger partial charge in [-0.3, -0.25) is 9.69 Å². The number of hydrogen-bond acceptors (Lipinski definition) is 5. The Labute approximate surface area is 125 Å². The molecule has 2 rings (SSSR count). The highest BCUT2D eigenvalue weighted by Crippen LogP contribution is 2.24. The summed E-state index contributed by atoms with van der Waals surface area (Å²) >= 11 is 0. The van der Waals surface area contributed by atoms with Gasteiger partial charge in [0, 0.05) is 19.6 Å². The van der Waals surface area contributed by atoms with Crippen LogP contribution in [-0.4, -0.2) is 57.2 Å². The monoisotopic (exact) mass is 293 g/mol. The third kappa shape index (κ3) is 4.72. The van der Waals surface area contributed by atoms with Crippen LogP contribution in [-0.2, 0) is 4.74 Å². The van der Waals surface area contributed by atoms with Gasteiger partial charge in [-0.25, -0.2) is 0 Å². The van der Waals surface area contributed by atoms with Crippen molar-refractivity contribution < 1.29 is 19.0 Å². The number of methoxy groups -OCH3 is 1. The standard InChI is InChI=1S/C16H23NO4/c1-13(18)15-12-14(4-5-16(15)19-2)21-9-3-6-17-7-10-20-11-8-17/h4-5,12H,3,6-11H2,1-2H3. The molecule has 0 N–H and O–H groups in total. The van der Waals surface area contributed by atoms with E-state index in [0.29, 0.717) is 23.7 Å². The van der Waals surface area contributed by atoms with Gasteiger partial charge in [0.15, 0.2) is 5.78 Å². The van der Waals surface area contributed by atoms with E-state index in [1.54, 1.807) is 19.2 Å². The summed E-state index contributed by atoms with van der Waals surface area (Å²) in [5.41, 5.74) is 0.558. The smallest absolute Gasteiger partial charge is 0.163 e. The summed E-state index contributed by atoms with van der Waals surface area (Å²) in [6, 6.07) is 5.35. The SMILES string of the molecule is COc1ccc(OCCCN2CCOCC2)cc1C(C)=O. The molecule has 1 aliphatic rings. The first-order chi connectivity index (χ1) is 10.2. The van der Waals surface area contributed by atoms with E-state index in [1.165, 1.54) is 6.92 Å². The van der Waals surface area contributed by atoms with Crippen molar-refractivity contribution in [2.24, 2.45) is 0 Å². The van der Waals surface area contributed by atoms with Crippen LogP contribution in [0.5, 0.6) is 11.5 Å². The Hall–Kier alpha value is -1.59. The van der Waals surface area contributed by atoms with Gasteiger partial charge in [0.1, 0.15) is 11.5 Å². The predicted octanol–water partition coefficient (Wildman–Crippen LogP) is 2.00. The van der Waals surface area contributed by atoms with Crippen LogP contribution in [0.15, 0.2) is 18.2 Å². The third-order valence-corrected chi connectivity index (χ3v) is 3.54. The van der Waals surface area contributed by atoms with Crippen LogP contribution >= 0.6 is 0 Å². The number of carbonyl (C=O) groups excluding carboxylic acids is 1. The molecule has 0 amide bonds. The first kappa shape index (κ1) is 15.8. The zero-order valence-electron chi connectivity index (χ0n) is 12.8. The van der Waals surface area contributed by atoms with Crippen molar-refractivity contribution >= 4 is 5.78 Å². The van der Waals surface area contributed by atoms with Gasteiger partial charge < -0.3 is 14.2 Å². The summed E-state index contributed by atoms with van der Waals surface area (Å²) in [5.74, 6) is 1.27. The van der Waals surface area contributed by atoms with Gasteiger partial charge in [0.25, 0.3) is 0 Å². The van der Waals surface area contributed by atoms with Crippen molar-refractivity contribution in [2.75, 3.05) is 46.6 Å². The number of Topliss-reactive ketones (excluding diaryl/α,β-unsaturated/α-hetero) is 1. The van der Waals surface area contributed by atoms with Gasteiger partial charge in [-0.05, 0) is 31.5 Å². The third-order valence-electron chi connectivity index (χ3n) is 3.54. The van der Waals surface area contributed by atoms with Crippen molar-refractivity contribution in [1.82, 2.24) is 4.90 Å². The van der Waals surface area contributed by atoms with E-state index in [2.05, 4.69) is 4.90 Å². The molecule has 116 valence electrons. The maximum Gasteiger partial charge on any atom is 0.163 e. The maximum atomic E-state index is 11.6. The van der Waals surface area contributed by atoms with Crippen LogP contribution in [0.1, 0.15) is 23.7 Å². The molecule has 1 fully saturated rings. The molecule has 1 aliphatic heterocycles. The topological polar surface area (TPSA) is 48.0 Å². The molecule has 1 aromatic carbocycles. The largest absolute Gasteiger partial charge is 0.496 e. The normalized spacial score (nSPS) is 15.7. The second-order valence-corrected chi connectivity index (χ2v) is 5.07. The molecule has 0 unspecified atom stereocenters. The van der Waals surface area contributed by atoms with E-state index in [4.69, 9.17) is 14.2 Å². The summed E-state index contributed by atoms with van der Waals surface area (Å²) in [5, 5.41) is 0. The molecule has 0 radical (unpaired) electrons. The summed E-state index contributed by atoms with van der Waals surface area (Å²) < 4.78 is 16.2. The number of ketones is 1. The Bertz CT molecular complexity index is 469. The van der Waals surface area contributed by atoms with Gasteiger partial charge in [0.2, 0.25) is 0 Å². The molecule has 21 heavy (non-hydrogen) atoms. The lowest BCUT2D eigenvalue weighted by molar-refractivity contribution is 0.0358. The molecule has 0 atom stereocenters. The molecule has 1 heterocycles. The molecule has 0 bridgehead atoms. The number of nitrogens with zero attached hydrogens (tertiary/aromatic N) is 1. The molecule has 5 nitrogen and oxygen atoms in total. The van der Waals surface area contributed by atoms with Crippen molar-refractivity contribution in [3.63, 3.8) is 0 Å². The fourth-order valence-corrected chi connectivity index (χ4v) is 2.35. The molecule has 1 saturated heterocycles. The number of hydrogen-bond donors (Lipinski definition) is 0. The Morgan fingerprint density at radius 2 is 2.10 bits per heavy atom. The second kappa shape index (κ2) is 8.00.